The van der Waals surface area contributed by atoms with Gasteiger partial charge in [0.05, 0.1) is 12.7 Å². The molecule has 0 unspecified atom stereocenters. The molecule has 1 aliphatic heterocycles. The van der Waals surface area contributed by atoms with Crippen LogP contribution in [0.2, 0.25) is 0 Å². The maximum absolute atomic E-state index is 12.9. The van der Waals surface area contributed by atoms with Gasteiger partial charge in [-0.3, -0.25) is 4.79 Å². The Kier molecular flexibility index (Phi) is 4.91. The highest BCUT2D eigenvalue weighted by atomic mass is 19.4. The molecule has 2 aromatic rings. The molecule has 0 aliphatic carbocycles. The molecule has 2 aromatic carbocycles. The van der Waals surface area contributed by atoms with Gasteiger partial charge in [0, 0.05) is 30.6 Å². The van der Waals surface area contributed by atoms with Crippen molar-refractivity contribution < 1.29 is 22.7 Å². The number of nitrogens with two attached hydrogens (primary N) is 1. The Morgan fingerprint density at radius 1 is 1.15 bits per heavy atom. The van der Waals surface area contributed by atoms with Crippen molar-refractivity contribution in [3.8, 4) is 5.75 Å². The van der Waals surface area contributed by atoms with Crippen LogP contribution in [0.3, 0.4) is 0 Å². The van der Waals surface area contributed by atoms with Gasteiger partial charge >= 0.3 is 6.18 Å². The quantitative estimate of drug-likeness (QED) is 0.909. The van der Waals surface area contributed by atoms with Crippen molar-refractivity contribution in [3.63, 3.8) is 0 Å². The van der Waals surface area contributed by atoms with Gasteiger partial charge in [-0.2, -0.15) is 13.2 Å². The molecule has 1 heterocycles. The first-order valence-electron chi connectivity index (χ1n) is 8.15. The van der Waals surface area contributed by atoms with Gasteiger partial charge < -0.3 is 15.4 Å². The summed E-state index contributed by atoms with van der Waals surface area (Å²) >= 11 is 0. The molecule has 1 saturated heterocycles. The molecule has 2 atom stereocenters. The van der Waals surface area contributed by atoms with Gasteiger partial charge in [0.2, 0.25) is 0 Å². The lowest BCUT2D eigenvalue weighted by atomic mass is 9.95. The topological polar surface area (TPSA) is 55.6 Å². The van der Waals surface area contributed by atoms with E-state index in [4.69, 9.17) is 10.5 Å². The number of ether oxygens (including phenoxy) is 1. The maximum Gasteiger partial charge on any atom is 0.416 e. The van der Waals surface area contributed by atoms with E-state index in [0.29, 0.717) is 13.1 Å². The highest BCUT2D eigenvalue weighted by Crippen LogP contribution is 2.31. The molecule has 26 heavy (non-hydrogen) atoms. The minimum Gasteiger partial charge on any atom is -0.497 e. The van der Waals surface area contributed by atoms with Gasteiger partial charge in [0.25, 0.3) is 5.91 Å². The maximum atomic E-state index is 12.9. The number of alkyl halides is 3. The molecule has 0 aromatic heterocycles. The Bertz CT molecular complexity index is 790. The van der Waals surface area contributed by atoms with E-state index in [-0.39, 0.29) is 17.5 Å². The summed E-state index contributed by atoms with van der Waals surface area (Å²) in [5.41, 5.74) is 6.33. The van der Waals surface area contributed by atoms with Crippen LogP contribution in [0.15, 0.2) is 48.5 Å². The van der Waals surface area contributed by atoms with Crippen molar-refractivity contribution in [2.75, 3.05) is 20.2 Å². The summed E-state index contributed by atoms with van der Waals surface area (Å²) in [5, 5.41) is 0. The summed E-state index contributed by atoms with van der Waals surface area (Å²) in [7, 11) is 1.58. The Labute approximate surface area is 149 Å². The number of halogens is 3. The van der Waals surface area contributed by atoms with Crippen molar-refractivity contribution in [2.24, 2.45) is 5.73 Å². The van der Waals surface area contributed by atoms with Crippen molar-refractivity contribution in [1.29, 1.82) is 0 Å². The first kappa shape index (κ1) is 18.3. The number of carbonyl (C=O) groups is 1. The first-order chi connectivity index (χ1) is 12.3. The van der Waals surface area contributed by atoms with Crippen LogP contribution >= 0.6 is 0 Å². The normalized spacial score (nSPS) is 20.3. The second kappa shape index (κ2) is 6.99. The molecule has 0 spiro atoms. The fraction of sp³-hybridized carbons (Fsp3) is 0.316. The monoisotopic (exact) mass is 364 g/mol. The lowest BCUT2D eigenvalue weighted by molar-refractivity contribution is -0.137. The lowest BCUT2D eigenvalue weighted by Gasteiger charge is -2.17. The van der Waals surface area contributed by atoms with E-state index in [9.17, 15) is 18.0 Å². The zero-order valence-electron chi connectivity index (χ0n) is 14.2. The third-order valence-electron chi connectivity index (χ3n) is 4.63. The van der Waals surface area contributed by atoms with E-state index < -0.39 is 17.6 Å². The molecule has 1 amide bonds. The molecule has 7 heteroatoms. The molecule has 1 fully saturated rings. The fourth-order valence-corrected chi connectivity index (χ4v) is 3.21. The van der Waals surface area contributed by atoms with Crippen molar-refractivity contribution >= 4 is 5.91 Å². The first-order valence-corrected chi connectivity index (χ1v) is 8.15. The predicted molar refractivity (Wildman–Crippen MR) is 91.1 cm³/mol. The molecular weight excluding hydrogens is 345 g/mol. The molecular formula is C19H19F3N2O2. The summed E-state index contributed by atoms with van der Waals surface area (Å²) in [6.45, 7) is 0.661. The minimum absolute atomic E-state index is 0.0161. The Morgan fingerprint density at radius 3 is 2.46 bits per heavy atom. The number of benzene rings is 2. The third-order valence-corrected chi connectivity index (χ3v) is 4.63. The summed E-state index contributed by atoms with van der Waals surface area (Å²) in [5.74, 6) is 0.204. The van der Waals surface area contributed by atoms with Gasteiger partial charge in [-0.25, -0.2) is 0 Å². The number of hydrogen-bond donors (Lipinski definition) is 1. The number of rotatable bonds is 3. The Balaban J connectivity index is 1.77. The van der Waals surface area contributed by atoms with Gasteiger partial charge in [-0.05, 0) is 35.9 Å². The van der Waals surface area contributed by atoms with Crippen LogP contribution in [-0.4, -0.2) is 37.0 Å². The molecule has 0 saturated carbocycles. The standard InChI is InChI=1S/C19H19F3N2O2/c1-26-15-7-5-12(6-8-15)16-10-24(11-17(16)23)18(25)13-3-2-4-14(9-13)19(20,21)22/h2-9,16-17H,10-11,23H2,1H3/t16-,17+/m0/s1. The molecule has 3 rings (SSSR count). The van der Waals surface area contributed by atoms with Crippen LogP contribution in [0, 0.1) is 0 Å². The number of carbonyl (C=O) groups excluding carboxylic acids is 1. The molecule has 0 radical (unpaired) electrons. The third kappa shape index (κ3) is 3.67. The smallest absolute Gasteiger partial charge is 0.416 e. The second-order valence-electron chi connectivity index (χ2n) is 6.33. The SMILES string of the molecule is COc1ccc([C@@H]2CN(C(=O)c3cccc(C(F)(F)F)c3)C[C@H]2N)cc1. The van der Waals surface area contributed by atoms with E-state index in [1.807, 2.05) is 24.3 Å². The van der Waals surface area contributed by atoms with Crippen molar-refractivity contribution in [1.82, 2.24) is 4.90 Å². The zero-order chi connectivity index (χ0) is 18.9. The van der Waals surface area contributed by atoms with Gasteiger partial charge in [0.15, 0.2) is 0 Å². The molecule has 2 N–H and O–H groups in total. The highest BCUT2D eigenvalue weighted by molar-refractivity contribution is 5.94. The fourth-order valence-electron chi connectivity index (χ4n) is 3.21. The molecule has 0 bridgehead atoms. The number of likely N-dealkylation sites (tertiary alicyclic amines) is 1. The van der Waals surface area contributed by atoms with Gasteiger partial charge in [-0.1, -0.05) is 18.2 Å². The van der Waals surface area contributed by atoms with E-state index in [1.54, 1.807) is 7.11 Å². The number of nitrogens with zero attached hydrogens (tertiary/aromatic N) is 1. The average Bonchev–Trinajstić information content (AvgIpc) is 3.02. The Morgan fingerprint density at radius 2 is 1.85 bits per heavy atom. The predicted octanol–water partition coefficient (Wildman–Crippen LogP) is 3.28. The van der Waals surface area contributed by atoms with Gasteiger partial charge in [0.1, 0.15) is 5.75 Å². The number of amides is 1. The Hall–Kier alpha value is -2.54. The lowest BCUT2D eigenvalue weighted by Crippen LogP contribution is -2.32. The van der Waals surface area contributed by atoms with Crippen LogP contribution in [0.5, 0.6) is 5.75 Å². The van der Waals surface area contributed by atoms with Crippen LogP contribution in [0.25, 0.3) is 0 Å². The van der Waals surface area contributed by atoms with Crippen LogP contribution in [-0.2, 0) is 6.18 Å². The van der Waals surface area contributed by atoms with Crippen LogP contribution < -0.4 is 10.5 Å². The average molecular weight is 364 g/mol. The minimum atomic E-state index is -4.48. The van der Waals surface area contributed by atoms with Crippen LogP contribution in [0.1, 0.15) is 27.4 Å². The number of methoxy groups -OCH3 is 1. The summed E-state index contributed by atoms with van der Waals surface area (Å²) in [4.78, 5) is 14.1. The van der Waals surface area contributed by atoms with Crippen molar-refractivity contribution in [3.05, 3.63) is 65.2 Å². The van der Waals surface area contributed by atoms with E-state index >= 15 is 0 Å². The summed E-state index contributed by atoms with van der Waals surface area (Å²) < 4.78 is 43.7. The van der Waals surface area contributed by atoms with E-state index in [2.05, 4.69) is 0 Å². The second-order valence-corrected chi connectivity index (χ2v) is 6.33. The van der Waals surface area contributed by atoms with E-state index in [0.717, 1.165) is 23.4 Å². The molecule has 4 nitrogen and oxygen atoms in total. The zero-order valence-corrected chi connectivity index (χ0v) is 14.2. The van der Waals surface area contributed by atoms with Gasteiger partial charge in [-0.15, -0.1) is 0 Å². The number of hydrogen-bond acceptors (Lipinski definition) is 3. The largest absolute Gasteiger partial charge is 0.497 e. The molecule has 1 aliphatic rings. The van der Waals surface area contributed by atoms with E-state index in [1.165, 1.54) is 17.0 Å². The summed E-state index contributed by atoms with van der Waals surface area (Å²) in [6, 6.07) is 11.6. The van der Waals surface area contributed by atoms with Crippen molar-refractivity contribution in [2.45, 2.75) is 18.1 Å². The highest BCUT2D eigenvalue weighted by Gasteiger charge is 2.35. The van der Waals surface area contributed by atoms with Crippen LogP contribution in [0.4, 0.5) is 13.2 Å². The summed E-state index contributed by atoms with van der Waals surface area (Å²) in [6.07, 6.45) is -4.48. The molecule has 138 valence electrons.